The number of nitro groups is 1. The predicted octanol–water partition coefficient (Wildman–Crippen LogP) is 2.14. The van der Waals surface area contributed by atoms with Gasteiger partial charge in [-0.3, -0.25) is 14.9 Å². The van der Waals surface area contributed by atoms with Crippen LogP contribution >= 0.6 is 15.9 Å². The highest BCUT2D eigenvalue weighted by atomic mass is 79.9. The van der Waals surface area contributed by atoms with Gasteiger partial charge in [0.1, 0.15) is 5.56 Å². The van der Waals surface area contributed by atoms with Crippen molar-refractivity contribution < 1.29 is 14.5 Å². The zero-order chi connectivity index (χ0) is 14.7. The van der Waals surface area contributed by atoms with Crippen molar-refractivity contribution in [1.82, 2.24) is 4.90 Å². The van der Waals surface area contributed by atoms with Gasteiger partial charge < -0.3 is 9.64 Å². The summed E-state index contributed by atoms with van der Waals surface area (Å²) in [6, 6.07) is 4.58. The number of amides is 1. The average Bonchev–Trinajstić information content (AvgIpc) is 2.46. The van der Waals surface area contributed by atoms with Gasteiger partial charge in [0.25, 0.3) is 11.6 Å². The van der Waals surface area contributed by atoms with Crippen molar-refractivity contribution in [3.05, 3.63) is 39.4 Å². The van der Waals surface area contributed by atoms with Gasteiger partial charge in [0.05, 0.1) is 17.6 Å². The molecule has 108 valence electrons. The number of nitro benzene ring substituents is 1. The van der Waals surface area contributed by atoms with Crippen LogP contribution < -0.4 is 0 Å². The number of ether oxygens (including phenoxy) is 1. The number of carbonyl (C=O) groups is 1. The number of rotatable bonds is 3. The molecular formula is C13H15BrN2O4. The van der Waals surface area contributed by atoms with E-state index >= 15 is 0 Å². The molecule has 1 aromatic carbocycles. The molecule has 1 aliphatic rings. The number of morpholine rings is 1. The number of benzene rings is 1. The summed E-state index contributed by atoms with van der Waals surface area (Å²) in [7, 11) is 0. The van der Waals surface area contributed by atoms with E-state index in [0.29, 0.717) is 25.0 Å². The van der Waals surface area contributed by atoms with Gasteiger partial charge >= 0.3 is 0 Å². The van der Waals surface area contributed by atoms with Gasteiger partial charge in [-0.1, -0.05) is 22.0 Å². The lowest BCUT2D eigenvalue weighted by atomic mass is 10.1. The van der Waals surface area contributed by atoms with Crippen molar-refractivity contribution >= 4 is 27.5 Å². The summed E-state index contributed by atoms with van der Waals surface area (Å²) in [5, 5.41) is 11.7. The van der Waals surface area contributed by atoms with Crippen LogP contribution in [0.25, 0.3) is 0 Å². The lowest BCUT2D eigenvalue weighted by molar-refractivity contribution is -0.385. The number of halogens is 1. The fourth-order valence-electron chi connectivity index (χ4n) is 2.15. The summed E-state index contributed by atoms with van der Waals surface area (Å²) in [4.78, 5) is 24.6. The number of carbonyl (C=O) groups excluding carboxylic acids is 1. The molecule has 1 atom stereocenters. The van der Waals surface area contributed by atoms with Gasteiger partial charge in [-0.05, 0) is 18.6 Å². The van der Waals surface area contributed by atoms with E-state index in [4.69, 9.17) is 4.74 Å². The van der Waals surface area contributed by atoms with Gasteiger partial charge in [-0.15, -0.1) is 0 Å². The summed E-state index contributed by atoms with van der Waals surface area (Å²) in [5.41, 5.74) is 0.817. The summed E-state index contributed by atoms with van der Waals surface area (Å²) >= 11 is 3.32. The largest absolute Gasteiger partial charge is 0.374 e. The quantitative estimate of drug-likeness (QED) is 0.479. The molecule has 7 heteroatoms. The van der Waals surface area contributed by atoms with E-state index in [1.54, 1.807) is 24.0 Å². The molecule has 0 aromatic heterocycles. The van der Waals surface area contributed by atoms with Crippen LogP contribution in [-0.4, -0.2) is 46.9 Å². The van der Waals surface area contributed by atoms with E-state index in [1.165, 1.54) is 6.07 Å². The Morgan fingerprint density at radius 2 is 2.35 bits per heavy atom. The van der Waals surface area contributed by atoms with Crippen molar-refractivity contribution in [2.45, 2.75) is 13.0 Å². The standard InChI is InChI=1S/C13H15BrN2O4/c1-9-2-3-12(16(18)19)11(6-9)13(17)15-4-5-20-10(7-14)8-15/h2-3,6,10H,4-5,7-8H2,1H3. The van der Waals surface area contributed by atoms with Crippen molar-refractivity contribution in [2.24, 2.45) is 0 Å². The van der Waals surface area contributed by atoms with Crippen LogP contribution in [0.3, 0.4) is 0 Å². The van der Waals surface area contributed by atoms with Gasteiger partial charge in [0, 0.05) is 24.5 Å². The van der Waals surface area contributed by atoms with E-state index in [-0.39, 0.29) is 23.3 Å². The first-order valence-electron chi connectivity index (χ1n) is 6.25. The number of alkyl halides is 1. The summed E-state index contributed by atoms with van der Waals surface area (Å²) in [6.07, 6.45) is -0.0726. The van der Waals surface area contributed by atoms with Crippen LogP contribution in [0.4, 0.5) is 5.69 Å². The Kier molecular flexibility index (Phi) is 4.72. The molecule has 0 saturated carbocycles. The number of aryl methyl sites for hydroxylation is 1. The Balaban J connectivity index is 2.28. The molecule has 20 heavy (non-hydrogen) atoms. The fraction of sp³-hybridized carbons (Fsp3) is 0.462. The van der Waals surface area contributed by atoms with Crippen molar-refractivity contribution in [3.8, 4) is 0 Å². The monoisotopic (exact) mass is 342 g/mol. The first-order valence-corrected chi connectivity index (χ1v) is 7.37. The lowest BCUT2D eigenvalue weighted by Crippen LogP contribution is -2.46. The first-order chi connectivity index (χ1) is 9.52. The van der Waals surface area contributed by atoms with Crippen LogP contribution in [-0.2, 0) is 4.74 Å². The Bertz CT molecular complexity index is 535. The maximum Gasteiger partial charge on any atom is 0.282 e. The SMILES string of the molecule is Cc1ccc([N+](=O)[O-])c(C(=O)N2CCOC(CBr)C2)c1. The Hall–Kier alpha value is -1.47. The van der Waals surface area contributed by atoms with Crippen molar-refractivity contribution in [1.29, 1.82) is 0 Å². The van der Waals surface area contributed by atoms with E-state index in [9.17, 15) is 14.9 Å². The van der Waals surface area contributed by atoms with Gasteiger partial charge in [-0.2, -0.15) is 0 Å². The highest BCUT2D eigenvalue weighted by molar-refractivity contribution is 9.09. The van der Waals surface area contributed by atoms with Crippen LogP contribution in [0, 0.1) is 17.0 Å². The van der Waals surface area contributed by atoms with Crippen molar-refractivity contribution in [3.63, 3.8) is 0 Å². The lowest BCUT2D eigenvalue weighted by Gasteiger charge is -2.32. The molecule has 1 aliphatic heterocycles. The van der Waals surface area contributed by atoms with Crippen LogP contribution in [0.2, 0.25) is 0 Å². The zero-order valence-corrected chi connectivity index (χ0v) is 12.6. The Labute approximate surface area is 125 Å². The minimum atomic E-state index is -0.519. The predicted molar refractivity (Wildman–Crippen MR) is 77.3 cm³/mol. The normalized spacial score (nSPS) is 18.9. The molecule has 1 aromatic rings. The van der Waals surface area contributed by atoms with Crippen LogP contribution in [0.5, 0.6) is 0 Å². The molecule has 0 bridgehead atoms. The van der Waals surface area contributed by atoms with E-state index in [2.05, 4.69) is 15.9 Å². The third kappa shape index (κ3) is 3.16. The first kappa shape index (κ1) is 14.9. The minimum Gasteiger partial charge on any atom is -0.374 e. The molecule has 0 N–H and O–H groups in total. The second-order valence-corrected chi connectivity index (χ2v) is 5.32. The van der Waals surface area contributed by atoms with E-state index in [1.807, 2.05) is 0 Å². The summed E-state index contributed by atoms with van der Waals surface area (Å²) < 4.78 is 5.47. The zero-order valence-electron chi connectivity index (χ0n) is 11.0. The molecular weight excluding hydrogens is 328 g/mol. The number of hydrogen-bond acceptors (Lipinski definition) is 4. The number of nitrogens with zero attached hydrogens (tertiary/aromatic N) is 2. The maximum atomic E-state index is 12.5. The molecule has 1 amide bonds. The van der Waals surface area contributed by atoms with Crippen LogP contribution in [0.1, 0.15) is 15.9 Å². The molecule has 1 unspecified atom stereocenters. The molecule has 0 spiro atoms. The molecule has 1 heterocycles. The second-order valence-electron chi connectivity index (χ2n) is 4.68. The third-order valence-electron chi connectivity index (χ3n) is 3.18. The second kappa shape index (κ2) is 6.32. The average molecular weight is 343 g/mol. The highest BCUT2D eigenvalue weighted by Crippen LogP contribution is 2.22. The maximum absolute atomic E-state index is 12.5. The molecule has 1 saturated heterocycles. The Morgan fingerprint density at radius 3 is 3.00 bits per heavy atom. The van der Waals surface area contributed by atoms with E-state index < -0.39 is 4.92 Å². The van der Waals surface area contributed by atoms with Gasteiger partial charge in [0.15, 0.2) is 0 Å². The van der Waals surface area contributed by atoms with Gasteiger partial charge in [-0.25, -0.2) is 0 Å². The van der Waals surface area contributed by atoms with E-state index in [0.717, 1.165) is 5.56 Å². The topological polar surface area (TPSA) is 72.7 Å². The molecule has 0 aliphatic carbocycles. The summed E-state index contributed by atoms with van der Waals surface area (Å²) in [5.74, 6) is -0.311. The molecule has 2 rings (SSSR count). The van der Waals surface area contributed by atoms with Gasteiger partial charge in [0.2, 0.25) is 0 Å². The number of hydrogen-bond donors (Lipinski definition) is 0. The smallest absolute Gasteiger partial charge is 0.282 e. The Morgan fingerprint density at radius 1 is 1.60 bits per heavy atom. The van der Waals surface area contributed by atoms with Crippen LogP contribution in [0.15, 0.2) is 18.2 Å². The molecule has 6 nitrogen and oxygen atoms in total. The summed E-state index contributed by atoms with van der Waals surface area (Å²) in [6.45, 7) is 3.14. The highest BCUT2D eigenvalue weighted by Gasteiger charge is 2.28. The fourth-order valence-corrected chi connectivity index (χ4v) is 2.54. The van der Waals surface area contributed by atoms with Crippen molar-refractivity contribution in [2.75, 3.05) is 25.0 Å². The third-order valence-corrected chi connectivity index (χ3v) is 3.90. The molecule has 0 radical (unpaired) electrons. The minimum absolute atomic E-state index is 0.0726. The molecule has 1 fully saturated rings.